The van der Waals surface area contributed by atoms with Crippen LogP contribution in [0.25, 0.3) is 0 Å². The molecule has 0 fully saturated rings. The number of rotatable bonds is 38. The predicted octanol–water partition coefficient (Wildman–Crippen LogP) is 13.8. The van der Waals surface area contributed by atoms with Gasteiger partial charge in [-0.05, 0) is 25.7 Å². The molecule has 0 aromatic rings. The van der Waals surface area contributed by atoms with Crippen LogP contribution in [0.3, 0.4) is 0 Å². The third-order valence-electron chi connectivity index (χ3n) is 9.28. The van der Waals surface area contributed by atoms with Gasteiger partial charge in [0.1, 0.15) is 0 Å². The van der Waals surface area contributed by atoms with Gasteiger partial charge in [-0.25, -0.2) is 0 Å². The lowest BCUT2D eigenvalue weighted by Crippen LogP contribution is -2.06. The molecule has 0 bridgehead atoms. The average molecular weight is 637 g/mol. The number of unbranched alkanes of at least 4 members (excludes halogenated alkanes) is 30. The maximum atomic E-state index is 12.0. The first-order valence-corrected chi connectivity index (χ1v) is 20.5. The van der Waals surface area contributed by atoms with Gasteiger partial charge < -0.3 is 9.47 Å². The van der Waals surface area contributed by atoms with Crippen LogP contribution in [0.15, 0.2) is 0 Å². The number of hydrogen-bond donors (Lipinski definition) is 0. The summed E-state index contributed by atoms with van der Waals surface area (Å²) in [6.45, 7) is 5.72. The van der Waals surface area contributed by atoms with Crippen LogP contribution in [0.2, 0.25) is 0 Å². The summed E-state index contributed by atoms with van der Waals surface area (Å²) in [6.07, 6.45) is 43.5. The van der Waals surface area contributed by atoms with E-state index in [4.69, 9.17) is 9.47 Å². The molecule has 0 saturated carbocycles. The topological polar surface area (TPSA) is 52.6 Å². The minimum atomic E-state index is -0.0447. The molecule has 268 valence electrons. The van der Waals surface area contributed by atoms with E-state index in [1.54, 1.807) is 0 Å². The van der Waals surface area contributed by atoms with Crippen LogP contribution < -0.4 is 0 Å². The quantitative estimate of drug-likeness (QED) is 0.0500. The molecule has 0 aliphatic rings. The highest BCUT2D eigenvalue weighted by molar-refractivity contribution is 5.69. The van der Waals surface area contributed by atoms with Gasteiger partial charge in [0, 0.05) is 12.8 Å². The fraction of sp³-hybridized carbons (Fsp3) is 0.951. The molecule has 0 amide bonds. The molecule has 4 nitrogen and oxygen atoms in total. The van der Waals surface area contributed by atoms with Crippen LogP contribution in [0.5, 0.6) is 0 Å². The molecular formula is C41H80O4. The second kappa shape index (κ2) is 39.1. The van der Waals surface area contributed by atoms with Gasteiger partial charge in [0.2, 0.25) is 0 Å². The molecule has 0 unspecified atom stereocenters. The lowest BCUT2D eigenvalue weighted by atomic mass is 10.0. The summed E-state index contributed by atoms with van der Waals surface area (Å²) < 4.78 is 10.8. The molecule has 4 heteroatoms. The molecule has 0 aromatic heterocycles. The third kappa shape index (κ3) is 39.0. The fourth-order valence-corrected chi connectivity index (χ4v) is 6.18. The van der Waals surface area contributed by atoms with E-state index in [9.17, 15) is 9.59 Å². The van der Waals surface area contributed by atoms with Gasteiger partial charge in [0.05, 0.1) is 13.2 Å². The Balaban J connectivity index is 3.24. The zero-order chi connectivity index (χ0) is 32.7. The smallest absolute Gasteiger partial charge is 0.305 e. The SMILES string of the molecule is CCCCCCCCCCCCCCCCOC(=O)CCCCCCCC(=O)OCCCCCCCCCCCCCCCC. The van der Waals surface area contributed by atoms with Crippen molar-refractivity contribution in [1.82, 2.24) is 0 Å². The van der Waals surface area contributed by atoms with E-state index >= 15 is 0 Å². The number of ether oxygens (including phenoxy) is 2. The Labute approximate surface area is 282 Å². The van der Waals surface area contributed by atoms with Crippen molar-refractivity contribution >= 4 is 11.9 Å². The van der Waals surface area contributed by atoms with E-state index in [0.29, 0.717) is 26.1 Å². The summed E-state index contributed by atoms with van der Waals surface area (Å²) in [6, 6.07) is 0. The highest BCUT2D eigenvalue weighted by atomic mass is 16.5. The Hall–Kier alpha value is -1.06. The number of carbonyl (C=O) groups is 2. The van der Waals surface area contributed by atoms with E-state index in [2.05, 4.69) is 13.8 Å². The lowest BCUT2D eigenvalue weighted by Gasteiger charge is -2.06. The Kier molecular flexibility index (Phi) is 38.2. The average Bonchev–Trinajstić information content (AvgIpc) is 3.04. The Bertz CT molecular complexity index is 540. The summed E-state index contributed by atoms with van der Waals surface area (Å²) >= 11 is 0. The fourth-order valence-electron chi connectivity index (χ4n) is 6.18. The van der Waals surface area contributed by atoms with E-state index in [1.165, 1.54) is 167 Å². The molecular weight excluding hydrogens is 556 g/mol. The van der Waals surface area contributed by atoms with Gasteiger partial charge in [0.25, 0.3) is 0 Å². The Morgan fingerprint density at radius 1 is 0.289 bits per heavy atom. The number of hydrogen-bond acceptors (Lipinski definition) is 4. The van der Waals surface area contributed by atoms with Gasteiger partial charge in [-0.1, -0.05) is 200 Å². The molecule has 0 radical (unpaired) electrons. The minimum Gasteiger partial charge on any atom is -0.466 e. The molecule has 45 heavy (non-hydrogen) atoms. The van der Waals surface area contributed by atoms with Gasteiger partial charge in [-0.15, -0.1) is 0 Å². The maximum Gasteiger partial charge on any atom is 0.305 e. The van der Waals surface area contributed by atoms with Crippen molar-refractivity contribution < 1.29 is 19.1 Å². The summed E-state index contributed by atoms with van der Waals surface area (Å²) in [4.78, 5) is 23.9. The van der Waals surface area contributed by atoms with Crippen molar-refractivity contribution in [2.45, 2.75) is 239 Å². The van der Waals surface area contributed by atoms with E-state index in [-0.39, 0.29) is 11.9 Å². The Morgan fingerprint density at radius 2 is 0.489 bits per heavy atom. The minimum absolute atomic E-state index is 0.0447. The summed E-state index contributed by atoms with van der Waals surface area (Å²) in [5.74, 6) is -0.0893. The largest absolute Gasteiger partial charge is 0.466 e. The molecule has 0 saturated heterocycles. The first-order valence-electron chi connectivity index (χ1n) is 20.5. The third-order valence-corrected chi connectivity index (χ3v) is 9.28. The summed E-state index contributed by atoms with van der Waals surface area (Å²) in [5.41, 5.74) is 0. The highest BCUT2D eigenvalue weighted by Crippen LogP contribution is 2.15. The van der Waals surface area contributed by atoms with Crippen molar-refractivity contribution in [3.8, 4) is 0 Å². The van der Waals surface area contributed by atoms with Gasteiger partial charge in [-0.2, -0.15) is 0 Å². The molecule has 0 aliphatic heterocycles. The first kappa shape index (κ1) is 43.9. The molecule has 0 N–H and O–H groups in total. The van der Waals surface area contributed by atoms with Crippen LogP contribution >= 0.6 is 0 Å². The van der Waals surface area contributed by atoms with Gasteiger partial charge in [0.15, 0.2) is 0 Å². The second-order valence-corrected chi connectivity index (χ2v) is 13.9. The molecule has 0 rings (SSSR count). The zero-order valence-electron chi connectivity index (χ0n) is 30.8. The molecule has 0 atom stereocenters. The van der Waals surface area contributed by atoms with Crippen molar-refractivity contribution in [2.24, 2.45) is 0 Å². The van der Waals surface area contributed by atoms with E-state index in [0.717, 1.165) is 44.9 Å². The Morgan fingerprint density at radius 3 is 0.733 bits per heavy atom. The monoisotopic (exact) mass is 637 g/mol. The molecule has 0 spiro atoms. The van der Waals surface area contributed by atoms with Crippen LogP contribution in [-0.4, -0.2) is 25.2 Å². The second-order valence-electron chi connectivity index (χ2n) is 13.9. The molecule has 0 aromatic carbocycles. The summed E-state index contributed by atoms with van der Waals surface area (Å²) in [7, 11) is 0. The standard InChI is InChI=1S/C41H80O4/c1-3-5-7-9-11-13-15-17-19-21-23-25-30-34-38-44-40(42)36-32-28-27-29-33-37-41(43)45-39-35-31-26-24-22-20-18-16-14-12-10-8-6-4-2/h3-39H2,1-2H3. The first-order chi connectivity index (χ1) is 22.2. The van der Waals surface area contributed by atoms with Crippen molar-refractivity contribution in [2.75, 3.05) is 13.2 Å². The van der Waals surface area contributed by atoms with E-state index < -0.39 is 0 Å². The maximum absolute atomic E-state index is 12.0. The summed E-state index contributed by atoms with van der Waals surface area (Å²) in [5, 5.41) is 0. The molecule has 0 heterocycles. The van der Waals surface area contributed by atoms with Gasteiger partial charge in [-0.3, -0.25) is 9.59 Å². The van der Waals surface area contributed by atoms with E-state index in [1.807, 2.05) is 0 Å². The molecule has 0 aliphatic carbocycles. The van der Waals surface area contributed by atoms with Crippen LogP contribution in [-0.2, 0) is 19.1 Å². The normalized spacial score (nSPS) is 11.2. The van der Waals surface area contributed by atoms with Crippen molar-refractivity contribution in [3.05, 3.63) is 0 Å². The van der Waals surface area contributed by atoms with Crippen molar-refractivity contribution in [1.29, 1.82) is 0 Å². The highest BCUT2D eigenvalue weighted by Gasteiger charge is 2.05. The number of esters is 2. The number of carbonyl (C=O) groups excluding carboxylic acids is 2. The predicted molar refractivity (Wildman–Crippen MR) is 195 cm³/mol. The van der Waals surface area contributed by atoms with Crippen LogP contribution in [0.4, 0.5) is 0 Å². The lowest BCUT2D eigenvalue weighted by molar-refractivity contribution is -0.144. The van der Waals surface area contributed by atoms with Crippen molar-refractivity contribution in [3.63, 3.8) is 0 Å². The zero-order valence-corrected chi connectivity index (χ0v) is 30.8. The van der Waals surface area contributed by atoms with Crippen LogP contribution in [0.1, 0.15) is 239 Å². The van der Waals surface area contributed by atoms with Gasteiger partial charge >= 0.3 is 11.9 Å². The van der Waals surface area contributed by atoms with Crippen LogP contribution in [0, 0.1) is 0 Å².